The Hall–Kier alpha value is -2.71. The summed E-state index contributed by atoms with van der Waals surface area (Å²) in [7, 11) is 0. The van der Waals surface area contributed by atoms with E-state index in [1.165, 1.54) is 0 Å². The van der Waals surface area contributed by atoms with Crippen LogP contribution in [0, 0.1) is 15.9 Å². The summed E-state index contributed by atoms with van der Waals surface area (Å²) in [5.74, 6) is -0.615. The summed E-state index contributed by atoms with van der Waals surface area (Å²) >= 11 is 0. The van der Waals surface area contributed by atoms with E-state index in [9.17, 15) is 19.3 Å². The van der Waals surface area contributed by atoms with Crippen molar-refractivity contribution in [3.05, 3.63) is 39.7 Å². The minimum Gasteiger partial charge on any atom is -0.465 e. The van der Waals surface area contributed by atoms with Gasteiger partial charge in [-0.15, -0.1) is 0 Å². The van der Waals surface area contributed by atoms with E-state index in [2.05, 4.69) is 10.3 Å². The first-order valence-electron chi connectivity index (χ1n) is 7.67. The number of nitrogens with one attached hydrogen (secondary N) is 1. The smallest absolute Gasteiger partial charge is 0.415 e. The molecule has 1 aromatic rings. The molecule has 0 aliphatic carbocycles. The SMILES string of the molecule is CC(C)(C)OC(=O)NC1=N[C@](C)(c2cc([N+](=O)[O-])ccc2F)CCO1. The second-order valence-corrected chi connectivity index (χ2v) is 6.84. The lowest BCUT2D eigenvalue weighted by Gasteiger charge is -2.31. The standard InChI is InChI=1S/C16H20FN3O5/c1-15(2,3)25-14(21)18-13-19-16(4,7-8-24-13)11-9-10(20(22)23)5-6-12(11)17/h5-6,9H,7-8H2,1-4H3,(H,18,19,21)/t16-/m0/s1. The molecule has 0 fully saturated rings. The van der Waals surface area contributed by atoms with Gasteiger partial charge in [0.15, 0.2) is 0 Å². The molecule has 136 valence electrons. The van der Waals surface area contributed by atoms with Gasteiger partial charge in [-0.3, -0.25) is 10.1 Å². The summed E-state index contributed by atoms with van der Waals surface area (Å²) < 4.78 is 24.6. The van der Waals surface area contributed by atoms with E-state index in [1.54, 1.807) is 27.7 Å². The number of halogens is 1. The fourth-order valence-electron chi connectivity index (χ4n) is 2.35. The molecule has 1 N–H and O–H groups in total. The number of nitro groups is 1. The van der Waals surface area contributed by atoms with E-state index < -0.39 is 28.0 Å². The number of benzene rings is 1. The van der Waals surface area contributed by atoms with Crippen LogP contribution in [0.5, 0.6) is 0 Å². The molecule has 9 heteroatoms. The predicted octanol–water partition coefficient (Wildman–Crippen LogP) is 3.25. The first kappa shape index (κ1) is 18.6. The van der Waals surface area contributed by atoms with Crippen molar-refractivity contribution >= 4 is 17.8 Å². The minimum atomic E-state index is -1.11. The molecule has 1 aliphatic rings. The molecule has 2 rings (SSSR count). The zero-order valence-electron chi connectivity index (χ0n) is 14.5. The lowest BCUT2D eigenvalue weighted by atomic mass is 9.88. The van der Waals surface area contributed by atoms with E-state index in [4.69, 9.17) is 9.47 Å². The van der Waals surface area contributed by atoms with Gasteiger partial charge in [-0.1, -0.05) is 0 Å². The zero-order chi connectivity index (χ0) is 18.8. The van der Waals surface area contributed by atoms with E-state index in [0.717, 1.165) is 18.2 Å². The first-order valence-corrected chi connectivity index (χ1v) is 7.67. The van der Waals surface area contributed by atoms with Crippen molar-refractivity contribution in [3.8, 4) is 0 Å². The Bertz CT molecular complexity index is 729. The molecule has 1 atom stereocenters. The Morgan fingerprint density at radius 1 is 1.48 bits per heavy atom. The summed E-state index contributed by atoms with van der Waals surface area (Å²) in [6, 6.07) is 3.15. The molecule has 0 radical (unpaired) electrons. The highest BCUT2D eigenvalue weighted by molar-refractivity contribution is 5.91. The molecule has 0 bridgehead atoms. The van der Waals surface area contributed by atoms with Crippen molar-refractivity contribution in [2.24, 2.45) is 4.99 Å². The number of nitro benzene ring substituents is 1. The highest BCUT2D eigenvalue weighted by atomic mass is 19.1. The number of rotatable bonds is 2. The summed E-state index contributed by atoms with van der Waals surface area (Å²) in [6.07, 6.45) is -0.458. The molecule has 1 aliphatic heterocycles. The number of amidine groups is 1. The van der Waals surface area contributed by atoms with Crippen molar-refractivity contribution in [2.75, 3.05) is 6.61 Å². The van der Waals surface area contributed by atoms with Crippen molar-refractivity contribution < 1.29 is 23.6 Å². The van der Waals surface area contributed by atoms with Gasteiger partial charge in [-0.25, -0.2) is 19.5 Å². The van der Waals surface area contributed by atoms with Crippen molar-refractivity contribution in [3.63, 3.8) is 0 Å². The maximum atomic E-state index is 14.2. The molecule has 0 saturated carbocycles. The monoisotopic (exact) mass is 353 g/mol. The maximum Gasteiger partial charge on any atom is 0.415 e. The molecule has 0 spiro atoms. The summed E-state index contributed by atoms with van der Waals surface area (Å²) in [5, 5.41) is 13.3. The molecule has 1 amide bonds. The van der Waals surface area contributed by atoms with Gasteiger partial charge in [0.2, 0.25) is 0 Å². The number of hydrogen-bond acceptors (Lipinski definition) is 6. The molecule has 1 aromatic carbocycles. The highest BCUT2D eigenvalue weighted by Gasteiger charge is 2.35. The van der Waals surface area contributed by atoms with E-state index in [0.29, 0.717) is 6.42 Å². The third kappa shape index (κ3) is 4.65. The van der Waals surface area contributed by atoms with E-state index >= 15 is 0 Å². The molecule has 0 saturated heterocycles. The quantitative estimate of drug-likeness (QED) is 0.649. The van der Waals surface area contributed by atoms with Crippen LogP contribution >= 0.6 is 0 Å². The van der Waals surface area contributed by atoms with Crippen LogP contribution in [-0.4, -0.2) is 29.2 Å². The number of amides is 1. The van der Waals surface area contributed by atoms with Crippen LogP contribution in [0.15, 0.2) is 23.2 Å². The lowest BCUT2D eigenvalue weighted by molar-refractivity contribution is -0.385. The third-order valence-electron chi connectivity index (χ3n) is 3.52. The van der Waals surface area contributed by atoms with Gasteiger partial charge < -0.3 is 9.47 Å². The van der Waals surface area contributed by atoms with Crippen LogP contribution in [0.3, 0.4) is 0 Å². The summed E-state index contributed by atoms with van der Waals surface area (Å²) in [4.78, 5) is 26.4. The van der Waals surface area contributed by atoms with Gasteiger partial charge >= 0.3 is 6.09 Å². The Morgan fingerprint density at radius 2 is 2.16 bits per heavy atom. The van der Waals surface area contributed by atoms with Crippen molar-refractivity contribution in [1.82, 2.24) is 5.32 Å². The molecule has 0 unspecified atom stereocenters. The van der Waals surface area contributed by atoms with Gasteiger partial charge in [0.05, 0.1) is 17.1 Å². The van der Waals surface area contributed by atoms with Gasteiger partial charge in [-0.2, -0.15) is 0 Å². The fraction of sp³-hybridized carbons (Fsp3) is 0.500. The minimum absolute atomic E-state index is 0.0634. The molecular weight excluding hydrogens is 333 g/mol. The Balaban J connectivity index is 2.30. The Morgan fingerprint density at radius 3 is 2.76 bits per heavy atom. The number of aliphatic imine (C=N–C) groups is 1. The number of nitrogens with zero attached hydrogens (tertiary/aromatic N) is 2. The predicted molar refractivity (Wildman–Crippen MR) is 87.8 cm³/mol. The zero-order valence-corrected chi connectivity index (χ0v) is 14.5. The fourth-order valence-corrected chi connectivity index (χ4v) is 2.35. The number of non-ortho nitro benzene ring substituents is 1. The number of alkyl carbamates (subject to hydrolysis) is 1. The van der Waals surface area contributed by atoms with Gasteiger partial charge in [-0.05, 0) is 33.8 Å². The average Bonchev–Trinajstić information content (AvgIpc) is 2.45. The number of hydrogen-bond donors (Lipinski definition) is 1. The molecule has 0 aromatic heterocycles. The maximum absolute atomic E-state index is 14.2. The first-order chi connectivity index (χ1) is 11.5. The topological polar surface area (TPSA) is 103 Å². The number of carbonyl (C=O) groups excluding carboxylic acids is 1. The molecular formula is C16H20FN3O5. The van der Waals surface area contributed by atoms with E-state index in [1.807, 2.05) is 0 Å². The molecule has 25 heavy (non-hydrogen) atoms. The van der Waals surface area contributed by atoms with Gasteiger partial charge in [0, 0.05) is 24.1 Å². The largest absolute Gasteiger partial charge is 0.465 e. The second-order valence-electron chi connectivity index (χ2n) is 6.84. The van der Waals surface area contributed by atoms with Crippen LogP contribution in [0.1, 0.15) is 39.7 Å². The van der Waals surface area contributed by atoms with Crippen molar-refractivity contribution in [2.45, 2.75) is 45.3 Å². The summed E-state index contributed by atoms with van der Waals surface area (Å²) in [5.41, 5.74) is -1.98. The Labute approximate surface area is 144 Å². The Kier molecular flexibility index (Phi) is 4.96. The van der Waals surface area contributed by atoms with Crippen molar-refractivity contribution in [1.29, 1.82) is 0 Å². The summed E-state index contributed by atoms with van der Waals surface area (Å²) in [6.45, 7) is 6.90. The van der Waals surface area contributed by atoms with Crippen LogP contribution in [0.4, 0.5) is 14.9 Å². The average molecular weight is 353 g/mol. The van der Waals surface area contributed by atoms with Crippen LogP contribution in [0.2, 0.25) is 0 Å². The number of carbonyl (C=O) groups is 1. The van der Waals surface area contributed by atoms with Crippen LogP contribution < -0.4 is 5.32 Å². The van der Waals surface area contributed by atoms with Gasteiger partial charge in [0.25, 0.3) is 11.7 Å². The van der Waals surface area contributed by atoms with E-state index in [-0.39, 0.29) is 23.9 Å². The lowest BCUT2D eigenvalue weighted by Crippen LogP contribution is -2.42. The van der Waals surface area contributed by atoms with Gasteiger partial charge in [0.1, 0.15) is 11.4 Å². The van der Waals surface area contributed by atoms with Crippen LogP contribution in [0.25, 0.3) is 0 Å². The normalized spacial score (nSPS) is 20.3. The number of ether oxygens (including phenoxy) is 2. The van der Waals surface area contributed by atoms with Crippen LogP contribution in [-0.2, 0) is 15.0 Å². The highest BCUT2D eigenvalue weighted by Crippen LogP contribution is 2.35. The molecule has 1 heterocycles. The second kappa shape index (κ2) is 6.66. The molecule has 8 nitrogen and oxygen atoms in total. The third-order valence-corrected chi connectivity index (χ3v) is 3.52.